The van der Waals surface area contributed by atoms with Crippen LogP contribution in [0, 0.1) is 17.8 Å². The summed E-state index contributed by atoms with van der Waals surface area (Å²) >= 11 is 6.37. The first-order chi connectivity index (χ1) is 13.7. The maximum absolute atomic E-state index is 13.1. The summed E-state index contributed by atoms with van der Waals surface area (Å²) in [6, 6.07) is 4.89. The van der Waals surface area contributed by atoms with Crippen LogP contribution in [0.1, 0.15) is 34.1 Å². The fourth-order valence-corrected chi connectivity index (χ4v) is 4.91. The van der Waals surface area contributed by atoms with Crippen LogP contribution in [0.5, 0.6) is 0 Å². The summed E-state index contributed by atoms with van der Waals surface area (Å²) in [6.07, 6.45) is 0.855. The molecule has 29 heavy (non-hydrogen) atoms. The third-order valence-corrected chi connectivity index (χ3v) is 7.18. The zero-order valence-electron chi connectivity index (χ0n) is 18.0. The molecule has 1 N–H and O–H groups in total. The molecule has 2 rings (SSSR count). The van der Waals surface area contributed by atoms with E-state index in [1.54, 1.807) is 12.1 Å². The van der Waals surface area contributed by atoms with Gasteiger partial charge >= 0.3 is 0 Å². The molecular formula is C21H35ClN2O4S. The summed E-state index contributed by atoms with van der Waals surface area (Å²) in [7, 11) is -3.61. The van der Waals surface area contributed by atoms with Gasteiger partial charge in [0.25, 0.3) is 0 Å². The smallest absolute Gasteiger partial charge is 0.243 e. The van der Waals surface area contributed by atoms with Crippen LogP contribution in [0.25, 0.3) is 0 Å². The van der Waals surface area contributed by atoms with E-state index in [2.05, 4.69) is 33.0 Å². The minimum atomic E-state index is -3.61. The molecule has 1 saturated heterocycles. The van der Waals surface area contributed by atoms with Gasteiger partial charge in [0.1, 0.15) is 0 Å². The molecule has 1 unspecified atom stereocenters. The van der Waals surface area contributed by atoms with E-state index in [0.29, 0.717) is 56.3 Å². The van der Waals surface area contributed by atoms with E-state index in [1.165, 1.54) is 10.4 Å². The maximum Gasteiger partial charge on any atom is 0.243 e. The van der Waals surface area contributed by atoms with Crippen molar-refractivity contribution in [3.63, 3.8) is 0 Å². The highest BCUT2D eigenvalue weighted by Gasteiger charge is 2.30. The number of rotatable bonds is 10. The van der Waals surface area contributed by atoms with Crippen molar-refractivity contribution in [1.29, 1.82) is 0 Å². The van der Waals surface area contributed by atoms with Gasteiger partial charge in [-0.3, -0.25) is 0 Å². The SMILES string of the molecule is CC(C)COCCCNc1ccc(S(=O)(=O)N2CCOCC(C(C)C)C2)cc1Cl. The number of nitrogens with zero attached hydrogens (tertiary/aromatic N) is 1. The van der Waals surface area contributed by atoms with E-state index < -0.39 is 10.0 Å². The van der Waals surface area contributed by atoms with Gasteiger partial charge in [-0.25, -0.2) is 8.42 Å². The number of nitrogens with one attached hydrogen (secondary N) is 1. The Morgan fingerprint density at radius 3 is 2.72 bits per heavy atom. The molecule has 1 aromatic carbocycles. The topological polar surface area (TPSA) is 67.9 Å². The summed E-state index contributed by atoms with van der Waals surface area (Å²) in [6.45, 7) is 12.4. The molecule has 0 amide bonds. The molecule has 6 nitrogen and oxygen atoms in total. The van der Waals surface area contributed by atoms with E-state index in [0.717, 1.165) is 18.7 Å². The molecule has 1 aliphatic rings. The predicted molar refractivity (Wildman–Crippen MR) is 118 cm³/mol. The number of hydrogen-bond donors (Lipinski definition) is 1. The van der Waals surface area contributed by atoms with E-state index in [1.807, 2.05) is 0 Å². The van der Waals surface area contributed by atoms with Gasteiger partial charge in [-0.15, -0.1) is 0 Å². The summed E-state index contributed by atoms with van der Waals surface area (Å²) in [5.41, 5.74) is 0.730. The highest BCUT2D eigenvalue weighted by atomic mass is 35.5. The zero-order chi connectivity index (χ0) is 21.4. The van der Waals surface area contributed by atoms with Crippen molar-refractivity contribution in [2.75, 3.05) is 51.4 Å². The molecular weight excluding hydrogens is 412 g/mol. The maximum atomic E-state index is 13.1. The molecule has 0 radical (unpaired) electrons. The molecule has 0 spiro atoms. The summed E-state index contributed by atoms with van der Waals surface area (Å²) in [4.78, 5) is 0.220. The molecule has 1 aromatic rings. The van der Waals surface area contributed by atoms with Gasteiger partial charge in [0.15, 0.2) is 0 Å². The second kappa shape index (κ2) is 11.5. The number of sulfonamides is 1. The van der Waals surface area contributed by atoms with E-state index in [4.69, 9.17) is 21.1 Å². The molecule has 0 aliphatic carbocycles. The Bertz CT molecular complexity index is 740. The van der Waals surface area contributed by atoms with Crippen LogP contribution in [0.4, 0.5) is 5.69 Å². The fraction of sp³-hybridized carbons (Fsp3) is 0.714. The monoisotopic (exact) mass is 446 g/mol. The lowest BCUT2D eigenvalue weighted by Crippen LogP contribution is -2.37. The number of benzene rings is 1. The third-order valence-electron chi connectivity index (χ3n) is 5.01. The normalized spacial score (nSPS) is 18.9. The van der Waals surface area contributed by atoms with Crippen molar-refractivity contribution in [2.24, 2.45) is 17.8 Å². The van der Waals surface area contributed by atoms with Crippen LogP contribution >= 0.6 is 11.6 Å². The average Bonchev–Trinajstić information content (AvgIpc) is 2.92. The Morgan fingerprint density at radius 1 is 1.31 bits per heavy atom. The van der Waals surface area contributed by atoms with Crippen LogP contribution in [0.2, 0.25) is 5.02 Å². The first-order valence-electron chi connectivity index (χ1n) is 10.4. The number of anilines is 1. The summed E-state index contributed by atoms with van der Waals surface area (Å²) in [5.74, 6) is 1.06. The van der Waals surface area contributed by atoms with Gasteiger partial charge in [0, 0.05) is 32.8 Å². The first-order valence-corrected chi connectivity index (χ1v) is 12.2. The minimum absolute atomic E-state index is 0.182. The van der Waals surface area contributed by atoms with Crippen LogP contribution in [-0.2, 0) is 19.5 Å². The van der Waals surface area contributed by atoms with Crippen LogP contribution < -0.4 is 5.32 Å². The Morgan fingerprint density at radius 2 is 2.07 bits per heavy atom. The highest BCUT2D eigenvalue weighted by molar-refractivity contribution is 7.89. The molecule has 166 valence electrons. The van der Waals surface area contributed by atoms with Gasteiger partial charge in [-0.2, -0.15) is 4.31 Å². The third kappa shape index (κ3) is 7.40. The predicted octanol–water partition coefficient (Wildman–Crippen LogP) is 4.11. The lowest BCUT2D eigenvalue weighted by atomic mass is 9.97. The number of hydrogen-bond acceptors (Lipinski definition) is 5. The van der Waals surface area contributed by atoms with Gasteiger partial charge in [-0.1, -0.05) is 39.3 Å². The molecule has 0 aromatic heterocycles. The molecule has 1 fully saturated rings. The van der Waals surface area contributed by atoms with E-state index in [-0.39, 0.29) is 10.8 Å². The first kappa shape index (κ1) is 24.4. The Kier molecular flexibility index (Phi) is 9.69. The van der Waals surface area contributed by atoms with Gasteiger partial charge in [0.05, 0.1) is 28.8 Å². The van der Waals surface area contributed by atoms with E-state index in [9.17, 15) is 8.42 Å². The standard InChI is InChI=1S/C21H35ClN2O4S/c1-16(2)14-27-10-5-8-23-21-7-6-19(12-20(21)22)29(25,26)24-9-11-28-15-18(13-24)17(3)4/h6-7,12,16-18,23H,5,8-11,13-15H2,1-4H3. The minimum Gasteiger partial charge on any atom is -0.384 e. The summed E-state index contributed by atoms with van der Waals surface area (Å²) < 4.78 is 39.0. The molecule has 1 aliphatic heterocycles. The second-order valence-corrected chi connectivity index (χ2v) is 10.7. The Hall–Kier alpha value is -0.860. The van der Waals surface area contributed by atoms with Crippen molar-refractivity contribution in [3.8, 4) is 0 Å². The van der Waals surface area contributed by atoms with Crippen molar-refractivity contribution in [3.05, 3.63) is 23.2 Å². The van der Waals surface area contributed by atoms with E-state index >= 15 is 0 Å². The molecule has 1 atom stereocenters. The molecule has 8 heteroatoms. The van der Waals surface area contributed by atoms with Crippen molar-refractivity contribution in [1.82, 2.24) is 4.31 Å². The lowest BCUT2D eigenvalue weighted by molar-refractivity contribution is 0.108. The second-order valence-electron chi connectivity index (χ2n) is 8.33. The van der Waals surface area contributed by atoms with Gasteiger partial charge in [-0.05, 0) is 42.4 Å². The Balaban J connectivity index is 1.98. The van der Waals surface area contributed by atoms with Crippen molar-refractivity contribution in [2.45, 2.75) is 39.0 Å². The molecule has 1 heterocycles. The number of ether oxygens (including phenoxy) is 2. The average molecular weight is 447 g/mol. The van der Waals surface area contributed by atoms with Crippen molar-refractivity contribution < 1.29 is 17.9 Å². The highest BCUT2D eigenvalue weighted by Crippen LogP contribution is 2.28. The fourth-order valence-electron chi connectivity index (χ4n) is 3.09. The molecule has 0 saturated carbocycles. The van der Waals surface area contributed by atoms with Crippen LogP contribution in [0.3, 0.4) is 0 Å². The zero-order valence-corrected chi connectivity index (χ0v) is 19.6. The molecule has 0 bridgehead atoms. The van der Waals surface area contributed by atoms with Crippen LogP contribution in [-0.4, -0.2) is 58.8 Å². The summed E-state index contributed by atoms with van der Waals surface area (Å²) in [5, 5.41) is 3.65. The lowest BCUT2D eigenvalue weighted by Gasteiger charge is -2.25. The van der Waals surface area contributed by atoms with Crippen LogP contribution in [0.15, 0.2) is 23.1 Å². The Labute approximate surface area is 181 Å². The number of halogens is 1. The largest absolute Gasteiger partial charge is 0.384 e. The van der Waals surface area contributed by atoms with Gasteiger partial charge in [0.2, 0.25) is 10.0 Å². The van der Waals surface area contributed by atoms with Gasteiger partial charge < -0.3 is 14.8 Å². The van der Waals surface area contributed by atoms with Crippen molar-refractivity contribution >= 4 is 27.3 Å². The quantitative estimate of drug-likeness (QED) is 0.548.